The van der Waals surface area contributed by atoms with Crippen LogP contribution < -0.4 is 9.47 Å². The van der Waals surface area contributed by atoms with E-state index in [0.29, 0.717) is 33.9 Å². The number of methoxy groups -OCH3 is 1. The number of ether oxygens (including phenoxy) is 2. The van der Waals surface area contributed by atoms with E-state index >= 15 is 0 Å². The molecule has 0 fully saturated rings. The average molecular weight is 548 g/mol. The number of carbonyl (C=O) groups excluding carboxylic acids is 1. The number of thioether (sulfide) groups is 2. The van der Waals surface area contributed by atoms with E-state index in [1.807, 2.05) is 72.1 Å². The molecule has 2 aliphatic heterocycles. The fraction of sp³-hybridized carbons (Fsp3) is 0.107. The van der Waals surface area contributed by atoms with Crippen molar-refractivity contribution >= 4 is 63.8 Å². The Hall–Kier alpha value is -3.46. The molecule has 0 spiro atoms. The molecule has 0 unspecified atom stereocenters. The molecule has 1 N–H and O–H groups in total. The molecule has 3 aromatic carbocycles. The Morgan fingerprint density at radius 2 is 1.86 bits per heavy atom. The summed E-state index contributed by atoms with van der Waals surface area (Å²) in [5.74, 6) is 1.57. The van der Waals surface area contributed by atoms with Crippen molar-refractivity contribution in [3.05, 3.63) is 99.9 Å². The van der Waals surface area contributed by atoms with E-state index < -0.39 is 5.91 Å². The van der Waals surface area contributed by atoms with E-state index in [1.54, 1.807) is 35.9 Å². The van der Waals surface area contributed by atoms with Crippen molar-refractivity contribution in [1.82, 2.24) is 4.90 Å². The predicted molar refractivity (Wildman–Crippen MR) is 153 cm³/mol. The third-order valence-corrected chi connectivity index (χ3v) is 7.66. The summed E-state index contributed by atoms with van der Waals surface area (Å²) in [5, 5.41) is 11.9. The normalized spacial score (nSPS) is 15.9. The van der Waals surface area contributed by atoms with E-state index in [1.165, 1.54) is 11.8 Å². The summed E-state index contributed by atoms with van der Waals surface area (Å²) in [6.45, 7) is 0.492. The average Bonchev–Trinajstić information content (AvgIpc) is 3.35. The van der Waals surface area contributed by atoms with Gasteiger partial charge in [-0.25, -0.2) is 0 Å². The van der Waals surface area contributed by atoms with E-state index in [9.17, 15) is 4.79 Å². The van der Waals surface area contributed by atoms with Crippen molar-refractivity contribution in [2.75, 3.05) is 19.5 Å². The van der Waals surface area contributed by atoms with Crippen molar-refractivity contribution in [2.45, 2.75) is 4.90 Å². The van der Waals surface area contributed by atoms with Crippen LogP contribution in [0.3, 0.4) is 0 Å². The Labute approximate surface area is 228 Å². The highest BCUT2D eigenvalue weighted by Gasteiger charge is 2.36. The molecule has 186 valence electrons. The Balaban J connectivity index is 1.30. The lowest BCUT2D eigenvalue weighted by Crippen LogP contribution is -2.38. The Bertz CT molecular complexity index is 1440. The number of fused-ring (bicyclic) bond motifs is 1. The lowest BCUT2D eigenvalue weighted by atomic mass is 10.1. The van der Waals surface area contributed by atoms with Crippen LogP contribution in [0.2, 0.25) is 5.02 Å². The molecule has 9 heteroatoms. The highest BCUT2D eigenvalue weighted by Crippen LogP contribution is 2.38. The highest BCUT2D eigenvalue weighted by atomic mass is 35.5. The number of nitrogens with zero attached hydrogens (tertiary/aromatic N) is 2. The number of amides is 1. The summed E-state index contributed by atoms with van der Waals surface area (Å²) in [7, 11) is 1.57. The molecule has 2 aliphatic rings. The van der Waals surface area contributed by atoms with Gasteiger partial charge < -0.3 is 9.47 Å². The van der Waals surface area contributed by atoms with Crippen molar-refractivity contribution in [3.63, 3.8) is 0 Å². The second-order valence-electron chi connectivity index (χ2n) is 7.99. The first kappa shape index (κ1) is 25.2. The van der Waals surface area contributed by atoms with Gasteiger partial charge in [0.05, 0.1) is 25.0 Å². The fourth-order valence-electron chi connectivity index (χ4n) is 3.82. The van der Waals surface area contributed by atoms with Crippen LogP contribution in [0.5, 0.6) is 11.5 Å². The van der Waals surface area contributed by atoms with Gasteiger partial charge in [0.1, 0.15) is 5.84 Å². The van der Waals surface area contributed by atoms with Gasteiger partial charge in [0.15, 0.2) is 16.7 Å². The molecule has 3 aromatic rings. The van der Waals surface area contributed by atoms with Crippen molar-refractivity contribution in [3.8, 4) is 11.5 Å². The maximum absolute atomic E-state index is 12.8. The topological polar surface area (TPSA) is 75.0 Å². The molecule has 0 saturated heterocycles. The summed E-state index contributed by atoms with van der Waals surface area (Å²) < 4.78 is 11.5. The molecular weight excluding hydrogens is 526 g/mol. The van der Waals surface area contributed by atoms with Gasteiger partial charge >= 0.3 is 0 Å². The largest absolute Gasteiger partial charge is 0.493 e. The summed E-state index contributed by atoms with van der Waals surface area (Å²) in [5.41, 5.74) is 2.70. The molecule has 1 amide bonds. The molecule has 0 aliphatic carbocycles. The van der Waals surface area contributed by atoms with Crippen LogP contribution in [0.4, 0.5) is 0 Å². The maximum atomic E-state index is 12.8. The van der Waals surface area contributed by atoms with Crippen molar-refractivity contribution < 1.29 is 14.3 Å². The molecule has 6 nitrogen and oxygen atoms in total. The predicted octanol–water partition coefficient (Wildman–Crippen LogP) is 6.82. The van der Waals surface area contributed by atoms with Crippen LogP contribution in [-0.4, -0.2) is 41.3 Å². The molecule has 0 saturated carbocycles. The van der Waals surface area contributed by atoms with Crippen molar-refractivity contribution in [1.29, 1.82) is 5.41 Å². The van der Waals surface area contributed by atoms with Crippen LogP contribution in [-0.2, 0) is 4.79 Å². The van der Waals surface area contributed by atoms with Crippen molar-refractivity contribution in [2.24, 2.45) is 4.99 Å². The van der Waals surface area contributed by atoms with E-state index in [2.05, 4.69) is 4.99 Å². The van der Waals surface area contributed by atoms with Gasteiger partial charge in [-0.3, -0.25) is 15.1 Å². The van der Waals surface area contributed by atoms with Gasteiger partial charge in [-0.2, -0.15) is 4.99 Å². The number of halogens is 1. The molecular formula is C28H22ClN3O3S2. The minimum atomic E-state index is -0.440. The first-order chi connectivity index (χ1) is 18.0. The molecule has 0 aromatic heterocycles. The molecule has 5 rings (SSSR count). The van der Waals surface area contributed by atoms with E-state index in [0.717, 1.165) is 21.9 Å². The summed E-state index contributed by atoms with van der Waals surface area (Å²) in [6.07, 6.45) is 1.67. The number of nitrogens with one attached hydrogen (secondary N) is 1. The number of aliphatic imine (C=N–C) groups is 1. The molecule has 0 bridgehead atoms. The second kappa shape index (κ2) is 11.3. The zero-order chi connectivity index (χ0) is 25.8. The Morgan fingerprint density at radius 1 is 1.08 bits per heavy atom. The monoisotopic (exact) mass is 547 g/mol. The Morgan fingerprint density at radius 3 is 2.62 bits per heavy atom. The number of hydrogen-bond acceptors (Lipinski definition) is 6. The standard InChI is InChI=1S/C28H22ClN3O3S2/c1-34-25-16-18(7-12-24(25)35-13-14-36-21-10-8-20(29)9-11-21)15-22-26(30)32-23(19-5-3-2-4-6-19)17-37-28(32)31-27(22)33/h2-12,15-17,30H,13-14H2,1H3/b22-15-,30-26?. The molecule has 2 heterocycles. The first-order valence-electron chi connectivity index (χ1n) is 11.4. The van der Waals surface area contributed by atoms with Gasteiger partial charge in [-0.1, -0.05) is 59.8 Å². The highest BCUT2D eigenvalue weighted by molar-refractivity contribution is 8.17. The third-order valence-electron chi connectivity index (χ3n) is 5.61. The van der Waals surface area contributed by atoms with Crippen LogP contribution in [0, 0.1) is 5.41 Å². The van der Waals surface area contributed by atoms with Gasteiger partial charge in [0.25, 0.3) is 5.91 Å². The smallest absolute Gasteiger partial charge is 0.283 e. The number of hydrogen-bond donors (Lipinski definition) is 1. The number of amidine groups is 2. The minimum Gasteiger partial charge on any atom is -0.493 e. The van der Waals surface area contributed by atoms with Gasteiger partial charge in [-0.15, -0.1) is 11.8 Å². The van der Waals surface area contributed by atoms with Gasteiger partial charge in [0, 0.05) is 21.1 Å². The van der Waals surface area contributed by atoms with E-state index in [4.69, 9.17) is 26.5 Å². The van der Waals surface area contributed by atoms with Crippen LogP contribution in [0.1, 0.15) is 11.1 Å². The fourth-order valence-corrected chi connectivity index (χ4v) is 5.56. The minimum absolute atomic E-state index is 0.0913. The number of rotatable bonds is 8. The van der Waals surface area contributed by atoms with Gasteiger partial charge in [0.2, 0.25) is 0 Å². The Kier molecular flexibility index (Phi) is 7.69. The lowest BCUT2D eigenvalue weighted by Gasteiger charge is -2.27. The quantitative estimate of drug-likeness (QED) is 0.189. The number of carbonyl (C=O) groups is 1. The SMILES string of the molecule is COc1cc(/C=C2/C(=N)N3C(c4ccccc4)=CSC3=NC2=O)ccc1OCCSc1ccc(Cl)cc1. The lowest BCUT2D eigenvalue weighted by molar-refractivity contribution is -0.114. The van der Waals surface area contributed by atoms with Gasteiger partial charge in [-0.05, 0) is 53.6 Å². The molecule has 0 radical (unpaired) electrons. The summed E-state index contributed by atoms with van der Waals surface area (Å²) >= 11 is 8.96. The third kappa shape index (κ3) is 5.61. The molecule has 37 heavy (non-hydrogen) atoms. The van der Waals surface area contributed by atoms with E-state index in [-0.39, 0.29) is 11.4 Å². The zero-order valence-corrected chi connectivity index (χ0v) is 22.2. The second-order valence-corrected chi connectivity index (χ2v) is 10.4. The summed E-state index contributed by atoms with van der Waals surface area (Å²) in [4.78, 5) is 19.9. The summed E-state index contributed by atoms with van der Waals surface area (Å²) in [6, 6.07) is 22.9. The number of benzene rings is 3. The van der Waals surface area contributed by atoms with Crippen LogP contribution in [0.25, 0.3) is 11.8 Å². The van der Waals surface area contributed by atoms with Crippen LogP contribution >= 0.6 is 35.1 Å². The maximum Gasteiger partial charge on any atom is 0.283 e. The zero-order valence-electron chi connectivity index (χ0n) is 19.8. The van der Waals surface area contributed by atoms with Crippen LogP contribution in [0.15, 0.2) is 93.7 Å². The molecule has 0 atom stereocenters. The first-order valence-corrected chi connectivity index (χ1v) is 13.6.